The number of benzene rings is 9. The molecule has 0 unspecified atom stereocenters. The molecule has 9 aromatic rings. The van der Waals surface area contributed by atoms with Gasteiger partial charge in [-0.05, 0) is 89.8 Å². The Bertz CT molecular complexity index is 2860. The molecule has 0 aliphatic carbocycles. The molecule has 0 saturated heterocycles. The molecule has 0 amide bonds. The minimum Gasteiger partial charge on any atom is -0.261 e. The first-order valence-corrected chi connectivity index (χ1v) is 17.9. The molecule has 0 saturated carbocycles. The fourth-order valence-corrected chi connectivity index (χ4v) is 7.53. The Morgan fingerprint density at radius 1 is 0.415 bits per heavy atom. The van der Waals surface area contributed by atoms with Crippen molar-refractivity contribution in [1.29, 1.82) is 0 Å². The van der Waals surface area contributed by atoms with E-state index in [0.29, 0.717) is 18.2 Å². The summed E-state index contributed by atoms with van der Waals surface area (Å²) in [6.45, 7) is 4.38. The minimum atomic E-state index is 0.479. The summed E-state index contributed by atoms with van der Waals surface area (Å²) in [7, 11) is 0. The van der Waals surface area contributed by atoms with E-state index < -0.39 is 0 Å². The van der Waals surface area contributed by atoms with Crippen LogP contribution in [0.25, 0.3) is 65.3 Å². The molecule has 250 valence electrons. The molecule has 9 rings (SSSR count). The van der Waals surface area contributed by atoms with Crippen LogP contribution in [0.5, 0.6) is 0 Å². The zero-order chi connectivity index (χ0) is 35.6. The molecular weight excluding hydrogens is 643 g/mol. The maximum absolute atomic E-state index is 5.16. The molecule has 0 atom stereocenters. The minimum absolute atomic E-state index is 0.479. The Morgan fingerprint density at radius 3 is 1.81 bits per heavy atom. The third-order valence-corrected chi connectivity index (χ3v) is 10.0. The highest BCUT2D eigenvalue weighted by Crippen LogP contribution is 2.46. The highest BCUT2D eigenvalue weighted by atomic mass is 15.0. The molecule has 0 aliphatic rings. The maximum atomic E-state index is 5.16. The summed E-state index contributed by atoms with van der Waals surface area (Å²) in [5, 5.41) is 9.57. The van der Waals surface area contributed by atoms with Crippen LogP contribution in [0.3, 0.4) is 0 Å². The lowest BCUT2D eigenvalue weighted by molar-refractivity contribution is 1.06. The van der Waals surface area contributed by atoms with Gasteiger partial charge in [-0.25, -0.2) is 9.98 Å². The van der Waals surface area contributed by atoms with Crippen molar-refractivity contribution in [2.24, 2.45) is 15.0 Å². The number of amidine groups is 2. The fourth-order valence-electron chi connectivity index (χ4n) is 7.53. The van der Waals surface area contributed by atoms with E-state index in [1.165, 1.54) is 60.0 Å². The van der Waals surface area contributed by atoms with Gasteiger partial charge >= 0.3 is 0 Å². The highest BCUT2D eigenvalue weighted by Gasteiger charge is 2.20. The molecule has 53 heavy (non-hydrogen) atoms. The summed E-state index contributed by atoms with van der Waals surface area (Å²) in [6.07, 6.45) is 0. The maximum Gasteiger partial charge on any atom is 0.161 e. The predicted molar refractivity (Wildman–Crippen MR) is 227 cm³/mol. The number of hydrogen-bond acceptors (Lipinski definition) is 1. The Kier molecular flexibility index (Phi) is 8.43. The molecule has 0 aromatic heterocycles. The smallest absolute Gasteiger partial charge is 0.161 e. The van der Waals surface area contributed by atoms with Gasteiger partial charge in [0, 0.05) is 11.1 Å². The average Bonchev–Trinajstić information content (AvgIpc) is 3.23. The normalized spacial score (nSPS) is 12.2. The molecule has 9 aromatic carbocycles. The second kappa shape index (κ2) is 14.0. The zero-order valence-corrected chi connectivity index (χ0v) is 29.2. The van der Waals surface area contributed by atoms with Crippen LogP contribution in [0.15, 0.2) is 203 Å². The van der Waals surface area contributed by atoms with Gasteiger partial charge in [0.05, 0.1) is 6.54 Å². The van der Waals surface area contributed by atoms with Crippen molar-refractivity contribution < 1.29 is 0 Å². The highest BCUT2D eigenvalue weighted by molar-refractivity contribution is 6.25. The van der Waals surface area contributed by atoms with Gasteiger partial charge in [0.15, 0.2) is 11.7 Å². The quantitative estimate of drug-likeness (QED) is 0.0954. The van der Waals surface area contributed by atoms with Gasteiger partial charge < -0.3 is 0 Å². The molecule has 0 aliphatic heterocycles. The van der Waals surface area contributed by atoms with Crippen LogP contribution >= 0.6 is 0 Å². The van der Waals surface area contributed by atoms with Crippen molar-refractivity contribution in [3.05, 3.63) is 205 Å². The topological polar surface area (TPSA) is 37.1 Å². The number of aliphatic imine (C=N–C) groups is 3. The first-order valence-electron chi connectivity index (χ1n) is 17.9. The number of hydrogen-bond donors (Lipinski definition) is 0. The fraction of sp³-hybridized carbons (Fsp3) is 0.0200. The summed E-state index contributed by atoms with van der Waals surface area (Å²) in [4.78, 5) is 14.7. The van der Waals surface area contributed by atoms with E-state index in [-0.39, 0.29) is 0 Å². The third-order valence-electron chi connectivity index (χ3n) is 10.0. The van der Waals surface area contributed by atoms with Gasteiger partial charge in [-0.15, -0.1) is 0 Å². The van der Waals surface area contributed by atoms with E-state index in [9.17, 15) is 0 Å². The van der Waals surface area contributed by atoms with Gasteiger partial charge in [-0.1, -0.05) is 176 Å². The first kappa shape index (κ1) is 32.0. The first-order chi connectivity index (χ1) is 26.2. The van der Waals surface area contributed by atoms with Crippen molar-refractivity contribution in [1.82, 2.24) is 0 Å². The van der Waals surface area contributed by atoms with Crippen molar-refractivity contribution in [2.75, 3.05) is 0 Å². The molecule has 3 heteroatoms. The van der Waals surface area contributed by atoms with Gasteiger partial charge in [0.1, 0.15) is 0 Å². The third kappa shape index (κ3) is 6.09. The lowest BCUT2D eigenvalue weighted by atomic mass is 9.84. The summed E-state index contributed by atoms with van der Waals surface area (Å²) >= 11 is 0. The van der Waals surface area contributed by atoms with Crippen molar-refractivity contribution in [3.63, 3.8) is 0 Å². The van der Waals surface area contributed by atoms with Gasteiger partial charge in [0.2, 0.25) is 0 Å². The number of rotatable bonds is 6. The summed E-state index contributed by atoms with van der Waals surface area (Å²) in [5.41, 5.74) is 7.67. The number of nitrogens with zero attached hydrogens (tertiary/aromatic N) is 3. The SMILES string of the molecule is C=N/C(=N\C(=N/Cc1ccccc1)c1ccc2c(-c3ccc4ccccc4c3)c3ccccc3c(-c3cccc4ccccc34)c2c1)c1ccccc1. The van der Waals surface area contributed by atoms with Crippen LogP contribution in [-0.4, -0.2) is 18.4 Å². The molecule has 0 radical (unpaired) electrons. The summed E-state index contributed by atoms with van der Waals surface area (Å²) in [6, 6.07) is 66.4. The van der Waals surface area contributed by atoms with Crippen LogP contribution in [0.4, 0.5) is 0 Å². The van der Waals surface area contributed by atoms with Crippen LogP contribution < -0.4 is 0 Å². The molecule has 0 fully saturated rings. The number of fused-ring (bicyclic) bond motifs is 4. The van der Waals surface area contributed by atoms with E-state index in [1.807, 2.05) is 48.5 Å². The van der Waals surface area contributed by atoms with Crippen LogP contribution in [0, 0.1) is 0 Å². The average molecular weight is 678 g/mol. The molecular formula is C50H35N3. The van der Waals surface area contributed by atoms with Crippen LogP contribution in [-0.2, 0) is 6.54 Å². The van der Waals surface area contributed by atoms with E-state index in [1.54, 1.807) is 0 Å². The standard InChI is InChI=1S/C50H35N3/c1-51-49(37-19-6-3-7-20-37)53-50(52-33-34-15-4-2-5-16-34)40-29-30-45-46(32-40)48(42-26-14-22-36-18-10-11-23-41(36)42)44-25-13-12-24-43(44)47(45)39-28-27-35-17-8-9-21-38(35)31-39/h2-32H,1,33H2/b52-50-,53-49-. The van der Waals surface area contributed by atoms with Crippen molar-refractivity contribution >= 4 is 61.5 Å². The molecule has 0 spiro atoms. The zero-order valence-electron chi connectivity index (χ0n) is 29.2. The predicted octanol–water partition coefficient (Wildman–Crippen LogP) is 12.7. The summed E-state index contributed by atoms with van der Waals surface area (Å²) in [5.74, 6) is 1.13. The molecule has 0 N–H and O–H groups in total. The van der Waals surface area contributed by atoms with E-state index in [0.717, 1.165) is 22.1 Å². The van der Waals surface area contributed by atoms with E-state index in [2.05, 4.69) is 151 Å². The monoisotopic (exact) mass is 677 g/mol. The Hall–Kier alpha value is -6.97. The van der Waals surface area contributed by atoms with Gasteiger partial charge in [-0.3, -0.25) is 4.99 Å². The molecule has 3 nitrogen and oxygen atoms in total. The molecule has 0 heterocycles. The van der Waals surface area contributed by atoms with Crippen molar-refractivity contribution in [3.8, 4) is 22.3 Å². The lowest BCUT2D eigenvalue weighted by Crippen LogP contribution is -2.06. The van der Waals surface area contributed by atoms with Gasteiger partial charge in [-0.2, -0.15) is 0 Å². The van der Waals surface area contributed by atoms with Gasteiger partial charge in [0.25, 0.3) is 0 Å². The Morgan fingerprint density at radius 2 is 1.04 bits per heavy atom. The largest absolute Gasteiger partial charge is 0.261 e. The van der Waals surface area contributed by atoms with E-state index in [4.69, 9.17) is 9.98 Å². The van der Waals surface area contributed by atoms with Crippen molar-refractivity contribution in [2.45, 2.75) is 6.54 Å². The Balaban J connectivity index is 1.37. The lowest BCUT2D eigenvalue weighted by Gasteiger charge is -2.20. The second-order valence-electron chi connectivity index (χ2n) is 13.2. The Labute approximate surface area is 309 Å². The van der Waals surface area contributed by atoms with Crippen LogP contribution in [0.2, 0.25) is 0 Å². The summed E-state index contributed by atoms with van der Waals surface area (Å²) < 4.78 is 0. The van der Waals surface area contributed by atoms with Crippen LogP contribution in [0.1, 0.15) is 16.7 Å². The molecule has 0 bridgehead atoms. The second-order valence-corrected chi connectivity index (χ2v) is 13.2. The van der Waals surface area contributed by atoms with E-state index >= 15 is 0 Å².